The van der Waals surface area contributed by atoms with E-state index < -0.39 is 11.5 Å². The van der Waals surface area contributed by atoms with E-state index in [1.54, 1.807) is 24.3 Å². The molecular formula is C16H10Cl2N2O2S. The molecule has 0 spiro atoms. The fraction of sp³-hybridized carbons (Fsp3) is 0.0625. The standard InChI is InChI=1S/C16H10Cl2N2O2S/c1-8-2-4-9(5-3-8)14(21)20-15(22)11-6-10(17)7-12(18)13(11)19-16(20)23/h2-7H,1H3,(H,19,23). The van der Waals surface area contributed by atoms with Crippen molar-refractivity contribution in [1.82, 2.24) is 9.55 Å². The molecule has 0 fully saturated rings. The molecule has 0 atom stereocenters. The number of nitrogens with one attached hydrogen (secondary N) is 1. The van der Waals surface area contributed by atoms with Crippen LogP contribution in [0.5, 0.6) is 0 Å². The Bertz CT molecular complexity index is 1050. The van der Waals surface area contributed by atoms with Crippen LogP contribution in [0.15, 0.2) is 41.2 Å². The highest BCUT2D eigenvalue weighted by molar-refractivity contribution is 7.71. The van der Waals surface area contributed by atoms with Crippen LogP contribution in [-0.4, -0.2) is 15.5 Å². The molecule has 1 heterocycles. The van der Waals surface area contributed by atoms with Gasteiger partial charge in [0.05, 0.1) is 15.9 Å². The number of benzene rings is 2. The van der Waals surface area contributed by atoms with Gasteiger partial charge in [-0.2, -0.15) is 0 Å². The number of carbonyl (C=O) groups excluding carboxylic acids is 1. The number of hydrogen-bond acceptors (Lipinski definition) is 3. The Kier molecular flexibility index (Phi) is 4.10. The van der Waals surface area contributed by atoms with Gasteiger partial charge < -0.3 is 4.98 Å². The van der Waals surface area contributed by atoms with Gasteiger partial charge in [-0.25, -0.2) is 4.57 Å². The summed E-state index contributed by atoms with van der Waals surface area (Å²) in [6.07, 6.45) is 0. The first-order valence-electron chi connectivity index (χ1n) is 6.64. The van der Waals surface area contributed by atoms with Crippen LogP contribution >= 0.6 is 35.4 Å². The van der Waals surface area contributed by atoms with Crippen LogP contribution in [0.25, 0.3) is 10.9 Å². The molecule has 0 aliphatic rings. The highest BCUT2D eigenvalue weighted by Gasteiger charge is 2.16. The van der Waals surface area contributed by atoms with Gasteiger partial charge in [0, 0.05) is 10.6 Å². The number of H-pyrrole nitrogens is 1. The molecule has 3 rings (SSSR count). The monoisotopic (exact) mass is 364 g/mol. The molecule has 4 nitrogen and oxygen atoms in total. The molecule has 0 unspecified atom stereocenters. The molecule has 0 amide bonds. The lowest BCUT2D eigenvalue weighted by Gasteiger charge is -2.08. The fourth-order valence-electron chi connectivity index (χ4n) is 2.25. The quantitative estimate of drug-likeness (QED) is 0.652. The van der Waals surface area contributed by atoms with Crippen LogP contribution in [-0.2, 0) is 0 Å². The lowest BCUT2D eigenvalue weighted by Crippen LogP contribution is -2.29. The first-order chi connectivity index (χ1) is 10.9. The van der Waals surface area contributed by atoms with Crippen LogP contribution in [0.4, 0.5) is 0 Å². The molecule has 23 heavy (non-hydrogen) atoms. The zero-order valence-electron chi connectivity index (χ0n) is 11.9. The van der Waals surface area contributed by atoms with Crippen LogP contribution in [0.1, 0.15) is 15.9 Å². The Balaban J connectivity index is 2.30. The number of nitrogens with zero attached hydrogens (tertiary/aromatic N) is 1. The van der Waals surface area contributed by atoms with E-state index in [4.69, 9.17) is 35.4 Å². The Morgan fingerprint density at radius 2 is 1.83 bits per heavy atom. The van der Waals surface area contributed by atoms with E-state index in [2.05, 4.69) is 4.98 Å². The second kappa shape index (κ2) is 5.92. The second-order valence-corrected chi connectivity index (χ2v) is 6.28. The number of halogens is 2. The summed E-state index contributed by atoms with van der Waals surface area (Å²) in [5, 5.41) is 0.779. The summed E-state index contributed by atoms with van der Waals surface area (Å²) in [6, 6.07) is 9.83. The molecule has 0 aliphatic heterocycles. The third kappa shape index (κ3) is 2.83. The molecule has 0 bridgehead atoms. The van der Waals surface area contributed by atoms with E-state index in [0.717, 1.165) is 10.1 Å². The summed E-state index contributed by atoms with van der Waals surface area (Å²) in [5.74, 6) is -0.505. The highest BCUT2D eigenvalue weighted by Crippen LogP contribution is 2.24. The average molecular weight is 365 g/mol. The van der Waals surface area contributed by atoms with Gasteiger partial charge in [-0.15, -0.1) is 0 Å². The van der Waals surface area contributed by atoms with Crippen LogP contribution in [0.2, 0.25) is 10.0 Å². The minimum atomic E-state index is -0.557. The van der Waals surface area contributed by atoms with E-state index in [9.17, 15) is 9.59 Å². The molecule has 0 saturated carbocycles. The lowest BCUT2D eigenvalue weighted by atomic mass is 10.1. The Labute approximate surface area is 146 Å². The van der Waals surface area contributed by atoms with Crippen molar-refractivity contribution in [2.24, 2.45) is 0 Å². The zero-order chi connectivity index (χ0) is 16.7. The minimum Gasteiger partial charge on any atom is -0.330 e. The van der Waals surface area contributed by atoms with Crippen LogP contribution in [0, 0.1) is 11.7 Å². The number of aromatic nitrogens is 2. The first-order valence-corrected chi connectivity index (χ1v) is 7.80. The van der Waals surface area contributed by atoms with Crippen molar-refractivity contribution in [3.8, 4) is 0 Å². The summed E-state index contributed by atoms with van der Waals surface area (Å²) in [6.45, 7) is 1.91. The van der Waals surface area contributed by atoms with E-state index in [0.29, 0.717) is 16.1 Å². The van der Waals surface area contributed by atoms with Gasteiger partial charge in [-0.3, -0.25) is 9.59 Å². The van der Waals surface area contributed by atoms with Crippen molar-refractivity contribution < 1.29 is 4.79 Å². The Hall–Kier alpha value is -1.95. The zero-order valence-corrected chi connectivity index (χ0v) is 14.2. The van der Waals surface area contributed by atoms with Gasteiger partial charge in [0.25, 0.3) is 11.5 Å². The summed E-state index contributed by atoms with van der Waals surface area (Å²) in [7, 11) is 0. The fourth-order valence-corrected chi connectivity index (χ4v) is 3.06. The molecule has 0 aliphatic carbocycles. The smallest absolute Gasteiger partial charge is 0.269 e. The molecule has 2 aromatic carbocycles. The van der Waals surface area contributed by atoms with Gasteiger partial charge in [0.1, 0.15) is 0 Å². The Morgan fingerprint density at radius 3 is 2.48 bits per heavy atom. The maximum atomic E-state index is 12.7. The average Bonchev–Trinajstić information content (AvgIpc) is 2.49. The maximum Gasteiger partial charge on any atom is 0.269 e. The van der Waals surface area contributed by atoms with Gasteiger partial charge in [0.15, 0.2) is 4.77 Å². The van der Waals surface area contributed by atoms with Crippen molar-refractivity contribution in [2.75, 3.05) is 0 Å². The van der Waals surface area contributed by atoms with Gasteiger partial charge in [0.2, 0.25) is 0 Å². The number of aromatic amines is 1. The second-order valence-electron chi connectivity index (χ2n) is 5.05. The third-order valence-corrected chi connectivity index (χ3v) is 4.23. The maximum absolute atomic E-state index is 12.7. The van der Waals surface area contributed by atoms with Gasteiger partial charge >= 0.3 is 0 Å². The van der Waals surface area contributed by atoms with Crippen LogP contribution in [0.3, 0.4) is 0 Å². The van der Waals surface area contributed by atoms with Crippen molar-refractivity contribution >= 4 is 52.2 Å². The van der Waals surface area contributed by atoms with E-state index in [-0.39, 0.29) is 15.2 Å². The number of carbonyl (C=O) groups is 1. The predicted octanol–water partition coefficient (Wildman–Crippen LogP) is 4.36. The van der Waals surface area contributed by atoms with E-state index in [1.807, 2.05) is 6.92 Å². The highest BCUT2D eigenvalue weighted by atomic mass is 35.5. The number of hydrogen-bond donors (Lipinski definition) is 1. The summed E-state index contributed by atoms with van der Waals surface area (Å²) in [4.78, 5) is 28.1. The molecular weight excluding hydrogens is 355 g/mol. The van der Waals surface area contributed by atoms with Gasteiger partial charge in [-0.05, 0) is 43.4 Å². The van der Waals surface area contributed by atoms with E-state index in [1.165, 1.54) is 12.1 Å². The molecule has 3 aromatic rings. The summed E-state index contributed by atoms with van der Waals surface area (Å²) >= 11 is 17.2. The summed E-state index contributed by atoms with van der Waals surface area (Å²) < 4.78 is 0.895. The molecule has 0 saturated heterocycles. The SMILES string of the molecule is Cc1ccc(C(=O)n2c(=S)[nH]c3c(Cl)cc(Cl)cc3c2=O)cc1. The number of fused-ring (bicyclic) bond motifs is 1. The first kappa shape index (κ1) is 15.9. The number of aryl methyl sites for hydroxylation is 1. The number of rotatable bonds is 1. The third-order valence-electron chi connectivity index (χ3n) is 3.43. The van der Waals surface area contributed by atoms with Crippen LogP contribution < -0.4 is 5.56 Å². The van der Waals surface area contributed by atoms with Crippen molar-refractivity contribution in [3.63, 3.8) is 0 Å². The van der Waals surface area contributed by atoms with E-state index >= 15 is 0 Å². The summed E-state index contributed by atoms with van der Waals surface area (Å²) in [5.41, 5.74) is 1.18. The van der Waals surface area contributed by atoms with Crippen molar-refractivity contribution in [3.05, 3.63) is 72.7 Å². The van der Waals surface area contributed by atoms with Gasteiger partial charge in [-0.1, -0.05) is 40.9 Å². The Morgan fingerprint density at radius 1 is 1.17 bits per heavy atom. The lowest BCUT2D eigenvalue weighted by molar-refractivity contribution is 0.0953. The largest absolute Gasteiger partial charge is 0.330 e. The molecule has 1 aromatic heterocycles. The molecule has 7 heteroatoms. The predicted molar refractivity (Wildman–Crippen MR) is 94.3 cm³/mol. The molecule has 1 N–H and O–H groups in total. The topological polar surface area (TPSA) is 54.9 Å². The van der Waals surface area contributed by atoms with Crippen molar-refractivity contribution in [2.45, 2.75) is 6.92 Å². The normalized spacial score (nSPS) is 10.9. The molecule has 0 radical (unpaired) electrons. The minimum absolute atomic E-state index is 0.0164. The molecule has 116 valence electrons. The van der Waals surface area contributed by atoms with Crippen molar-refractivity contribution in [1.29, 1.82) is 0 Å².